The number of halogens is 3. The predicted octanol–water partition coefficient (Wildman–Crippen LogP) is 6.46. The number of nitrogens with one attached hydrogen (secondary N) is 3. The summed E-state index contributed by atoms with van der Waals surface area (Å²) in [6, 6.07) is 24.6. The number of rotatable bonds is 8. The maximum absolute atomic E-state index is 12.9. The molecule has 11 heteroatoms. The summed E-state index contributed by atoms with van der Waals surface area (Å²) in [5.74, 6) is -0.0342. The molecule has 0 bridgehead atoms. The van der Waals surface area contributed by atoms with Crippen molar-refractivity contribution in [1.29, 1.82) is 0 Å². The summed E-state index contributed by atoms with van der Waals surface area (Å²) >= 11 is 15.6. The van der Waals surface area contributed by atoms with Gasteiger partial charge in [0.25, 0.3) is 11.8 Å². The minimum Gasteiger partial charge on any atom is -0.492 e. The molecular formula is C28H22Br3N3O4S. The van der Waals surface area contributed by atoms with Gasteiger partial charge in [-0.25, -0.2) is 0 Å². The van der Waals surface area contributed by atoms with E-state index in [0.29, 0.717) is 34.6 Å². The third kappa shape index (κ3) is 8.25. The topological polar surface area (TPSA) is 88.7 Å². The van der Waals surface area contributed by atoms with Crippen molar-refractivity contribution >= 4 is 87.7 Å². The van der Waals surface area contributed by atoms with Gasteiger partial charge in [0.2, 0.25) is 0 Å². The average Bonchev–Trinajstić information content (AvgIpc) is 2.92. The van der Waals surface area contributed by atoms with E-state index in [1.165, 1.54) is 0 Å². The Hall–Kier alpha value is -2.99. The molecule has 2 amide bonds. The number of fused-ring (bicyclic) bond motifs is 1. The molecule has 39 heavy (non-hydrogen) atoms. The minimum absolute atomic E-state index is 0.0824. The quantitative estimate of drug-likeness (QED) is 0.142. The Kier molecular flexibility index (Phi) is 10.3. The zero-order valence-electron chi connectivity index (χ0n) is 20.3. The van der Waals surface area contributed by atoms with E-state index in [4.69, 9.17) is 21.7 Å². The zero-order valence-corrected chi connectivity index (χ0v) is 25.9. The number of amides is 2. The van der Waals surface area contributed by atoms with Crippen LogP contribution in [0.1, 0.15) is 15.9 Å². The van der Waals surface area contributed by atoms with Gasteiger partial charge in [0.15, 0.2) is 11.7 Å². The van der Waals surface area contributed by atoms with Crippen LogP contribution >= 0.6 is 60.0 Å². The van der Waals surface area contributed by atoms with E-state index in [2.05, 4.69) is 64.0 Å². The molecule has 0 aliphatic carbocycles. The van der Waals surface area contributed by atoms with Gasteiger partial charge in [0, 0.05) is 15.4 Å². The van der Waals surface area contributed by atoms with Crippen molar-refractivity contribution in [1.82, 2.24) is 16.2 Å². The largest absolute Gasteiger partial charge is 0.492 e. The second kappa shape index (κ2) is 13.9. The first kappa shape index (κ1) is 29.0. The Morgan fingerprint density at radius 2 is 1.51 bits per heavy atom. The predicted molar refractivity (Wildman–Crippen MR) is 166 cm³/mol. The Morgan fingerprint density at radius 3 is 2.31 bits per heavy atom. The van der Waals surface area contributed by atoms with Crippen LogP contribution in [-0.4, -0.2) is 30.1 Å². The van der Waals surface area contributed by atoms with E-state index in [-0.39, 0.29) is 11.7 Å². The molecule has 0 heterocycles. The monoisotopic (exact) mass is 733 g/mol. The third-order valence-electron chi connectivity index (χ3n) is 5.46. The molecule has 4 aromatic carbocycles. The van der Waals surface area contributed by atoms with Gasteiger partial charge >= 0.3 is 0 Å². The summed E-state index contributed by atoms with van der Waals surface area (Å²) in [5.41, 5.74) is 6.37. The molecule has 0 atom stereocenters. The first-order valence-electron chi connectivity index (χ1n) is 11.7. The van der Waals surface area contributed by atoms with Crippen LogP contribution in [0.2, 0.25) is 0 Å². The summed E-state index contributed by atoms with van der Waals surface area (Å²) in [5, 5.41) is 4.44. The molecule has 7 nitrogen and oxygen atoms in total. The van der Waals surface area contributed by atoms with Gasteiger partial charge < -0.3 is 9.47 Å². The smallest absolute Gasteiger partial charge is 0.276 e. The molecule has 0 fully saturated rings. The molecule has 4 aromatic rings. The Labute approximate surface area is 256 Å². The molecule has 200 valence electrons. The van der Waals surface area contributed by atoms with E-state index in [1.807, 2.05) is 54.6 Å². The first-order chi connectivity index (χ1) is 18.8. The van der Waals surface area contributed by atoms with E-state index in [9.17, 15) is 9.59 Å². The molecule has 0 aromatic heterocycles. The van der Waals surface area contributed by atoms with Crippen molar-refractivity contribution in [2.45, 2.75) is 6.42 Å². The molecule has 0 aliphatic heterocycles. The number of ether oxygens (including phenoxy) is 2. The fourth-order valence-electron chi connectivity index (χ4n) is 3.59. The van der Waals surface area contributed by atoms with E-state index < -0.39 is 11.8 Å². The summed E-state index contributed by atoms with van der Waals surface area (Å²) in [6.07, 6.45) is 0.694. The molecule has 0 saturated carbocycles. The van der Waals surface area contributed by atoms with Gasteiger partial charge in [-0.2, -0.15) is 0 Å². The van der Waals surface area contributed by atoms with Crippen LogP contribution in [0.3, 0.4) is 0 Å². The Balaban J connectivity index is 1.27. The highest BCUT2D eigenvalue weighted by Crippen LogP contribution is 2.34. The van der Waals surface area contributed by atoms with Crippen molar-refractivity contribution in [3.8, 4) is 11.5 Å². The van der Waals surface area contributed by atoms with Crippen LogP contribution < -0.4 is 25.6 Å². The average molecular weight is 736 g/mol. The van der Waals surface area contributed by atoms with Crippen molar-refractivity contribution in [3.63, 3.8) is 0 Å². The number of carbonyl (C=O) groups excluding carboxylic acids is 2. The van der Waals surface area contributed by atoms with Gasteiger partial charge in [0.1, 0.15) is 11.5 Å². The summed E-state index contributed by atoms with van der Waals surface area (Å²) in [4.78, 5) is 25.2. The maximum Gasteiger partial charge on any atom is 0.276 e. The van der Waals surface area contributed by atoms with Crippen LogP contribution in [0, 0.1) is 0 Å². The number of thiocarbonyl (C=S) groups is 1. The second-order valence-corrected chi connectivity index (χ2v) is 11.2. The number of carbonyl (C=O) groups is 2. The SMILES string of the molecule is O=C(COc1ccc2cc(Br)ccc2c1Br)NNC(=S)NC(=O)c1cc(Br)ccc1OCCc1ccccc1. The van der Waals surface area contributed by atoms with Crippen LogP contribution in [-0.2, 0) is 11.2 Å². The molecule has 0 radical (unpaired) electrons. The Morgan fingerprint density at radius 1 is 0.795 bits per heavy atom. The maximum atomic E-state index is 12.9. The number of benzene rings is 4. The van der Waals surface area contributed by atoms with Gasteiger partial charge in [-0.15, -0.1) is 0 Å². The van der Waals surface area contributed by atoms with E-state index in [0.717, 1.165) is 25.3 Å². The first-order valence-corrected chi connectivity index (χ1v) is 14.5. The van der Waals surface area contributed by atoms with Crippen LogP contribution in [0.15, 0.2) is 92.3 Å². The fourth-order valence-corrected chi connectivity index (χ4v) is 5.08. The summed E-state index contributed by atoms with van der Waals surface area (Å²) in [6.45, 7) is 0.130. The number of hydrazine groups is 1. The van der Waals surface area contributed by atoms with Crippen LogP contribution in [0.4, 0.5) is 0 Å². The fraction of sp³-hybridized carbons (Fsp3) is 0.107. The molecule has 0 unspecified atom stereocenters. The van der Waals surface area contributed by atoms with Gasteiger partial charge in [-0.1, -0.05) is 74.3 Å². The molecular weight excluding hydrogens is 714 g/mol. The van der Waals surface area contributed by atoms with Crippen LogP contribution in [0.5, 0.6) is 11.5 Å². The minimum atomic E-state index is -0.485. The lowest BCUT2D eigenvalue weighted by Gasteiger charge is -2.14. The van der Waals surface area contributed by atoms with E-state index in [1.54, 1.807) is 24.3 Å². The Bertz CT molecular complexity index is 1520. The highest BCUT2D eigenvalue weighted by molar-refractivity contribution is 9.11. The molecule has 4 rings (SSSR count). The highest BCUT2D eigenvalue weighted by atomic mass is 79.9. The second-order valence-electron chi connectivity index (χ2n) is 8.21. The molecule has 0 saturated heterocycles. The van der Waals surface area contributed by atoms with Crippen molar-refractivity contribution in [3.05, 3.63) is 103 Å². The number of hydrogen-bond donors (Lipinski definition) is 3. The molecule has 0 aliphatic rings. The number of hydrogen-bond acceptors (Lipinski definition) is 5. The van der Waals surface area contributed by atoms with E-state index >= 15 is 0 Å². The summed E-state index contributed by atoms with van der Waals surface area (Å²) < 4.78 is 13.9. The van der Waals surface area contributed by atoms with Gasteiger partial charge in [-0.05, 0) is 80.9 Å². The normalized spacial score (nSPS) is 10.5. The summed E-state index contributed by atoms with van der Waals surface area (Å²) in [7, 11) is 0. The highest BCUT2D eigenvalue weighted by Gasteiger charge is 2.16. The zero-order chi connectivity index (χ0) is 27.8. The van der Waals surface area contributed by atoms with Crippen molar-refractivity contribution in [2.75, 3.05) is 13.2 Å². The van der Waals surface area contributed by atoms with Crippen molar-refractivity contribution < 1.29 is 19.1 Å². The third-order valence-corrected chi connectivity index (χ3v) is 7.47. The van der Waals surface area contributed by atoms with Gasteiger partial charge in [0.05, 0.1) is 16.6 Å². The van der Waals surface area contributed by atoms with Gasteiger partial charge in [-0.3, -0.25) is 25.8 Å². The van der Waals surface area contributed by atoms with Crippen LogP contribution in [0.25, 0.3) is 10.8 Å². The molecule has 0 spiro atoms. The lowest BCUT2D eigenvalue weighted by Crippen LogP contribution is -2.49. The lowest BCUT2D eigenvalue weighted by molar-refractivity contribution is -0.123. The lowest BCUT2D eigenvalue weighted by atomic mass is 10.1. The molecule has 3 N–H and O–H groups in total. The van der Waals surface area contributed by atoms with Crippen molar-refractivity contribution in [2.24, 2.45) is 0 Å². The standard InChI is InChI=1S/C28H22Br3N3O4S/c29-19-7-9-21-18(14-19)6-10-24(26(21)31)38-16-25(35)33-34-28(39)32-27(36)22-15-20(30)8-11-23(22)37-13-12-17-4-2-1-3-5-17/h1-11,14-15H,12-13,16H2,(H,33,35)(H2,32,34,36,39).